The summed E-state index contributed by atoms with van der Waals surface area (Å²) in [6.07, 6.45) is 0. The van der Waals surface area contributed by atoms with Gasteiger partial charge < -0.3 is 21.9 Å². The van der Waals surface area contributed by atoms with Gasteiger partial charge in [-0.1, -0.05) is 47.7 Å². The molecule has 0 aliphatic rings. The van der Waals surface area contributed by atoms with E-state index >= 15 is 0 Å². The van der Waals surface area contributed by atoms with Gasteiger partial charge in [0.05, 0.1) is 15.9 Å². The number of hydrogen-bond donors (Lipinski definition) is 4. The molecule has 29 heavy (non-hydrogen) atoms. The molecule has 0 aliphatic heterocycles. The van der Waals surface area contributed by atoms with Crippen LogP contribution in [0.15, 0.2) is 58.7 Å². The molecule has 146 valence electrons. The molecule has 1 aromatic heterocycles. The highest BCUT2D eigenvalue weighted by Crippen LogP contribution is 2.41. The Hall–Kier alpha value is -3.65. The Morgan fingerprint density at radius 3 is 2.59 bits per heavy atom. The zero-order valence-corrected chi connectivity index (χ0v) is 16.8. The molecule has 0 aliphatic carbocycles. The lowest BCUT2D eigenvalue weighted by atomic mass is 10.0. The van der Waals surface area contributed by atoms with Crippen molar-refractivity contribution in [2.24, 2.45) is 21.7 Å². The summed E-state index contributed by atoms with van der Waals surface area (Å²) in [5, 5.41) is 24.1. The second kappa shape index (κ2) is 7.40. The number of aryl methyl sites for hydroxylation is 1. The van der Waals surface area contributed by atoms with Gasteiger partial charge in [-0.25, -0.2) is 4.98 Å². The van der Waals surface area contributed by atoms with Crippen LogP contribution in [0.1, 0.15) is 18.1 Å². The normalized spacial score (nSPS) is 11.7. The molecule has 7 nitrogen and oxygen atoms in total. The number of guanidine groups is 1. The van der Waals surface area contributed by atoms with Crippen molar-refractivity contribution in [3.05, 3.63) is 59.7 Å². The second-order valence-electron chi connectivity index (χ2n) is 6.63. The van der Waals surface area contributed by atoms with Crippen molar-refractivity contribution in [3.8, 4) is 5.75 Å². The molecule has 0 spiro atoms. The monoisotopic (exact) mass is 404 g/mol. The van der Waals surface area contributed by atoms with E-state index in [-0.39, 0.29) is 5.96 Å². The minimum absolute atomic E-state index is 0.0843. The first-order valence-electron chi connectivity index (χ1n) is 8.95. The van der Waals surface area contributed by atoms with Crippen molar-refractivity contribution in [2.45, 2.75) is 13.8 Å². The van der Waals surface area contributed by atoms with Crippen molar-refractivity contribution in [1.82, 2.24) is 4.98 Å². The van der Waals surface area contributed by atoms with E-state index in [4.69, 9.17) is 16.5 Å². The number of aromatic nitrogens is 1. The molecule has 4 rings (SSSR count). The first-order valence-corrected chi connectivity index (χ1v) is 9.77. The van der Waals surface area contributed by atoms with Gasteiger partial charge in [-0.05, 0) is 31.5 Å². The molecule has 0 saturated carbocycles. The number of nitrogens with two attached hydrogens (primary N) is 2. The number of anilines is 2. The summed E-state index contributed by atoms with van der Waals surface area (Å²) in [4.78, 5) is 4.78. The summed E-state index contributed by atoms with van der Waals surface area (Å²) in [6, 6.07) is 15.5. The van der Waals surface area contributed by atoms with Gasteiger partial charge in [0.15, 0.2) is 5.13 Å². The molecule has 0 fully saturated rings. The van der Waals surface area contributed by atoms with Crippen LogP contribution in [0.5, 0.6) is 5.75 Å². The molecule has 8 heteroatoms. The SMILES string of the molecule is C/C(=N/N=C(N)N)c1cccc(Nc2nc3c(s2)c(C)c(O)c2ccccc23)c1. The lowest BCUT2D eigenvalue weighted by Gasteiger charge is -2.05. The first-order chi connectivity index (χ1) is 13.9. The third-order valence-corrected chi connectivity index (χ3v) is 5.70. The van der Waals surface area contributed by atoms with Crippen molar-refractivity contribution in [1.29, 1.82) is 0 Å². The number of nitrogens with one attached hydrogen (secondary N) is 1. The molecule has 0 saturated heterocycles. The van der Waals surface area contributed by atoms with E-state index in [0.29, 0.717) is 11.5 Å². The van der Waals surface area contributed by atoms with Gasteiger partial charge in [-0.2, -0.15) is 5.10 Å². The minimum Gasteiger partial charge on any atom is -0.507 e. The average Bonchev–Trinajstić information content (AvgIpc) is 3.14. The van der Waals surface area contributed by atoms with Crippen LogP contribution in [0.4, 0.5) is 10.8 Å². The smallest absolute Gasteiger partial charge is 0.211 e. The molecule has 4 aromatic rings. The maximum absolute atomic E-state index is 10.6. The highest BCUT2D eigenvalue weighted by molar-refractivity contribution is 7.22. The lowest BCUT2D eigenvalue weighted by Crippen LogP contribution is -2.22. The fraction of sp³-hybridized carbons (Fsp3) is 0.0952. The molecule has 1 heterocycles. The predicted molar refractivity (Wildman–Crippen MR) is 121 cm³/mol. The summed E-state index contributed by atoms with van der Waals surface area (Å²) in [5.74, 6) is 0.218. The summed E-state index contributed by atoms with van der Waals surface area (Å²) >= 11 is 1.51. The van der Waals surface area contributed by atoms with Gasteiger partial charge in [0.2, 0.25) is 5.96 Å². The van der Waals surface area contributed by atoms with Crippen LogP contribution in [0.3, 0.4) is 0 Å². The fourth-order valence-corrected chi connectivity index (χ4v) is 4.15. The van der Waals surface area contributed by atoms with E-state index in [2.05, 4.69) is 15.5 Å². The molecule has 3 aromatic carbocycles. The molecular weight excluding hydrogens is 384 g/mol. The number of phenols is 1. The summed E-state index contributed by atoms with van der Waals surface area (Å²) in [5.41, 5.74) is 14.8. The molecule has 0 atom stereocenters. The highest BCUT2D eigenvalue weighted by Gasteiger charge is 2.15. The molecule has 0 unspecified atom stereocenters. The Morgan fingerprint density at radius 2 is 1.83 bits per heavy atom. The van der Waals surface area contributed by atoms with Crippen molar-refractivity contribution >= 4 is 54.8 Å². The van der Waals surface area contributed by atoms with Gasteiger partial charge in [-0.15, -0.1) is 5.10 Å². The standard InChI is InChI=1S/C21H20N6OS/c1-11-18(28)16-9-4-3-8-15(16)17-19(11)29-21(25-17)24-14-7-5-6-13(10-14)12(2)26-27-20(22)23/h3-10,28H,1-2H3,(H,24,25)(H4,22,23,27)/b26-12-. The van der Waals surface area contributed by atoms with Gasteiger partial charge in [0.1, 0.15) is 5.75 Å². The number of thiazole rings is 1. The zero-order valence-electron chi connectivity index (χ0n) is 16.0. The van der Waals surface area contributed by atoms with Crippen LogP contribution in [-0.4, -0.2) is 21.8 Å². The third-order valence-electron chi connectivity index (χ3n) is 4.61. The summed E-state index contributed by atoms with van der Waals surface area (Å²) < 4.78 is 0.963. The number of fused-ring (bicyclic) bond motifs is 3. The van der Waals surface area contributed by atoms with Gasteiger partial charge in [0.25, 0.3) is 0 Å². The maximum Gasteiger partial charge on any atom is 0.211 e. The average molecular weight is 404 g/mol. The third kappa shape index (κ3) is 3.57. The zero-order chi connectivity index (χ0) is 20.5. The fourth-order valence-electron chi connectivity index (χ4n) is 3.15. The predicted octanol–water partition coefficient (Wildman–Crippen LogP) is 4.20. The number of phenolic OH excluding ortho intramolecular Hbond substituents is 1. The Bertz CT molecular complexity index is 1290. The van der Waals surface area contributed by atoms with Crippen LogP contribution in [0.25, 0.3) is 21.0 Å². The van der Waals surface area contributed by atoms with Gasteiger partial charge in [0, 0.05) is 22.0 Å². The lowest BCUT2D eigenvalue weighted by molar-refractivity contribution is 0.478. The van der Waals surface area contributed by atoms with Crippen LogP contribution < -0.4 is 16.8 Å². The second-order valence-corrected chi connectivity index (χ2v) is 7.63. The van der Waals surface area contributed by atoms with E-state index < -0.39 is 0 Å². The maximum atomic E-state index is 10.6. The van der Waals surface area contributed by atoms with E-state index in [0.717, 1.165) is 42.9 Å². The Morgan fingerprint density at radius 1 is 1.07 bits per heavy atom. The van der Waals surface area contributed by atoms with E-state index in [1.807, 2.05) is 62.4 Å². The highest BCUT2D eigenvalue weighted by atomic mass is 32.1. The van der Waals surface area contributed by atoms with Crippen molar-refractivity contribution in [2.75, 3.05) is 5.32 Å². The largest absolute Gasteiger partial charge is 0.507 e. The Kier molecular flexibility index (Phi) is 4.77. The van der Waals surface area contributed by atoms with Crippen LogP contribution in [-0.2, 0) is 0 Å². The molecular formula is C21H20N6OS. The van der Waals surface area contributed by atoms with Gasteiger partial charge >= 0.3 is 0 Å². The topological polar surface area (TPSA) is 122 Å². The number of hydrogen-bond acceptors (Lipinski definition) is 6. The van der Waals surface area contributed by atoms with E-state index in [9.17, 15) is 5.11 Å². The first kappa shape index (κ1) is 18.7. The van der Waals surface area contributed by atoms with Crippen LogP contribution in [0.2, 0.25) is 0 Å². The molecule has 6 N–H and O–H groups in total. The minimum atomic E-state index is -0.0843. The van der Waals surface area contributed by atoms with Gasteiger partial charge in [-0.3, -0.25) is 0 Å². The Balaban J connectivity index is 1.73. The molecule has 0 amide bonds. The summed E-state index contributed by atoms with van der Waals surface area (Å²) in [7, 11) is 0. The van der Waals surface area contributed by atoms with Crippen molar-refractivity contribution in [3.63, 3.8) is 0 Å². The van der Waals surface area contributed by atoms with Crippen LogP contribution >= 0.6 is 11.3 Å². The van der Waals surface area contributed by atoms with E-state index in [1.165, 1.54) is 11.3 Å². The van der Waals surface area contributed by atoms with E-state index in [1.54, 1.807) is 0 Å². The van der Waals surface area contributed by atoms with Crippen molar-refractivity contribution < 1.29 is 5.11 Å². The number of aromatic hydroxyl groups is 1. The molecule has 0 radical (unpaired) electrons. The van der Waals surface area contributed by atoms with Crippen LogP contribution in [0, 0.1) is 6.92 Å². The Labute approximate surface area is 171 Å². The molecule has 0 bridgehead atoms. The summed E-state index contributed by atoms with van der Waals surface area (Å²) in [6.45, 7) is 3.75. The number of benzene rings is 3. The number of nitrogens with zero attached hydrogens (tertiary/aromatic N) is 3. The number of rotatable bonds is 4. The quantitative estimate of drug-likeness (QED) is 0.231.